The van der Waals surface area contributed by atoms with Crippen LogP contribution in [0.25, 0.3) is 0 Å². The Morgan fingerprint density at radius 2 is 2.00 bits per heavy atom. The number of hydrogen-bond donors (Lipinski definition) is 3. The van der Waals surface area contributed by atoms with Crippen LogP contribution in [0.5, 0.6) is 0 Å². The van der Waals surface area contributed by atoms with E-state index in [4.69, 9.17) is 4.74 Å². The van der Waals surface area contributed by atoms with E-state index >= 15 is 0 Å². The Labute approximate surface area is 148 Å². The summed E-state index contributed by atoms with van der Waals surface area (Å²) in [5.41, 5.74) is -2.06. The van der Waals surface area contributed by atoms with E-state index in [2.05, 4.69) is 6.92 Å². The van der Waals surface area contributed by atoms with E-state index < -0.39 is 28.6 Å². The lowest BCUT2D eigenvalue weighted by Gasteiger charge is -2.63. The molecule has 1 saturated heterocycles. The van der Waals surface area contributed by atoms with Crippen molar-refractivity contribution < 1.29 is 24.9 Å². The number of carbonyl (C=O) groups excluding carboxylic acids is 1. The molecule has 5 aliphatic rings. The zero-order chi connectivity index (χ0) is 17.8. The van der Waals surface area contributed by atoms with Gasteiger partial charge in [-0.05, 0) is 62.7 Å². The van der Waals surface area contributed by atoms with E-state index in [1.54, 1.807) is 0 Å². The third-order valence-corrected chi connectivity index (χ3v) is 9.34. The molecule has 5 heteroatoms. The van der Waals surface area contributed by atoms with Gasteiger partial charge in [0.2, 0.25) is 0 Å². The van der Waals surface area contributed by atoms with Gasteiger partial charge in [0.15, 0.2) is 0 Å². The lowest BCUT2D eigenvalue weighted by atomic mass is 9.40. The van der Waals surface area contributed by atoms with Gasteiger partial charge < -0.3 is 20.1 Å². The summed E-state index contributed by atoms with van der Waals surface area (Å²) < 4.78 is 5.82. The number of aliphatic hydroxyl groups is 3. The van der Waals surface area contributed by atoms with Crippen molar-refractivity contribution in [3.63, 3.8) is 0 Å². The van der Waals surface area contributed by atoms with Gasteiger partial charge in [-0.3, -0.25) is 4.79 Å². The molecule has 1 spiro atoms. The summed E-state index contributed by atoms with van der Waals surface area (Å²) in [6.45, 7) is 4.09. The van der Waals surface area contributed by atoms with Gasteiger partial charge in [0.25, 0.3) is 0 Å². The van der Waals surface area contributed by atoms with Crippen LogP contribution in [0.2, 0.25) is 0 Å². The van der Waals surface area contributed by atoms with E-state index in [1.165, 1.54) is 0 Å². The highest BCUT2D eigenvalue weighted by Gasteiger charge is 2.76. The molecule has 5 nitrogen and oxygen atoms in total. The molecule has 0 amide bonds. The van der Waals surface area contributed by atoms with Crippen LogP contribution in [0, 0.1) is 34.0 Å². The third-order valence-electron chi connectivity index (χ3n) is 9.34. The molecule has 2 bridgehead atoms. The van der Waals surface area contributed by atoms with Gasteiger partial charge in [-0.1, -0.05) is 13.3 Å². The second-order valence-corrected chi connectivity index (χ2v) is 10.3. The number of ether oxygens (including phenoxy) is 1. The Bertz CT molecular complexity index is 636. The molecule has 1 heterocycles. The van der Waals surface area contributed by atoms with Crippen molar-refractivity contribution in [1.82, 2.24) is 0 Å². The zero-order valence-corrected chi connectivity index (χ0v) is 15.2. The summed E-state index contributed by atoms with van der Waals surface area (Å²) in [5, 5.41) is 32.3. The lowest BCUT2D eigenvalue weighted by molar-refractivity contribution is -0.221. The van der Waals surface area contributed by atoms with E-state index in [-0.39, 0.29) is 35.7 Å². The first-order chi connectivity index (χ1) is 11.7. The molecular weight excluding hydrogens is 320 g/mol. The van der Waals surface area contributed by atoms with E-state index in [0.717, 1.165) is 38.5 Å². The Balaban J connectivity index is 1.66. The molecule has 0 aromatic rings. The second kappa shape index (κ2) is 4.60. The van der Waals surface area contributed by atoms with Crippen molar-refractivity contribution in [2.24, 2.45) is 34.0 Å². The van der Waals surface area contributed by atoms with Crippen LogP contribution < -0.4 is 0 Å². The summed E-state index contributed by atoms with van der Waals surface area (Å²) in [4.78, 5) is 12.7. The minimum atomic E-state index is -1.10. The Morgan fingerprint density at radius 3 is 2.72 bits per heavy atom. The standard InChI is InChI=1S/C20H30O5/c1-17-6-3-7-18(2)14(17)13(25-16(18)23)15(22)19-8-11(4-5-12(17)19)20(24,9-19)10-21/h11-15,21-22,24H,3-10H2,1-2H3/t11-,12+,13+,14+,15+,17+,18+,19-,20-/m1/s1. The highest BCUT2D eigenvalue weighted by atomic mass is 16.6. The summed E-state index contributed by atoms with van der Waals surface area (Å²) in [7, 11) is 0. The maximum Gasteiger partial charge on any atom is 0.312 e. The van der Waals surface area contributed by atoms with Crippen LogP contribution in [0.3, 0.4) is 0 Å². The normalized spacial score (nSPS) is 62.3. The van der Waals surface area contributed by atoms with Gasteiger partial charge in [0.05, 0.1) is 23.7 Å². The first-order valence-electron chi connectivity index (χ1n) is 9.94. The smallest absolute Gasteiger partial charge is 0.312 e. The minimum absolute atomic E-state index is 0.0376. The maximum absolute atomic E-state index is 12.7. The molecule has 0 aromatic carbocycles. The number of rotatable bonds is 1. The van der Waals surface area contributed by atoms with Gasteiger partial charge in [-0.25, -0.2) is 0 Å². The number of esters is 1. The maximum atomic E-state index is 12.7. The van der Waals surface area contributed by atoms with E-state index in [1.807, 2.05) is 6.92 Å². The predicted octanol–water partition coefficient (Wildman–Crippen LogP) is 1.63. The molecule has 5 rings (SSSR count). The molecule has 3 N–H and O–H groups in total. The highest BCUT2D eigenvalue weighted by Crippen LogP contribution is 2.74. The van der Waals surface area contributed by atoms with Crippen molar-refractivity contribution >= 4 is 5.97 Å². The number of fused-ring (bicyclic) bond motifs is 2. The number of carbonyl (C=O) groups is 1. The van der Waals surface area contributed by atoms with E-state index in [0.29, 0.717) is 6.42 Å². The highest BCUT2D eigenvalue weighted by molar-refractivity contribution is 5.80. The summed E-state index contributed by atoms with van der Waals surface area (Å²) >= 11 is 0. The van der Waals surface area contributed by atoms with Crippen molar-refractivity contribution in [2.45, 2.75) is 76.6 Å². The first kappa shape index (κ1) is 16.5. The third kappa shape index (κ3) is 1.65. The number of hydrogen-bond acceptors (Lipinski definition) is 5. The minimum Gasteiger partial charge on any atom is -0.459 e. The van der Waals surface area contributed by atoms with Crippen LogP contribution in [0.1, 0.15) is 58.8 Å². The quantitative estimate of drug-likeness (QED) is 0.626. The lowest BCUT2D eigenvalue weighted by Crippen LogP contribution is -2.65. The van der Waals surface area contributed by atoms with Gasteiger partial charge in [0, 0.05) is 11.3 Å². The summed E-state index contributed by atoms with van der Waals surface area (Å²) in [5.74, 6) is 0.235. The molecule has 5 fully saturated rings. The Kier molecular flexibility index (Phi) is 3.04. The molecule has 0 radical (unpaired) electrons. The first-order valence-corrected chi connectivity index (χ1v) is 9.94. The predicted molar refractivity (Wildman–Crippen MR) is 89.4 cm³/mol. The fourth-order valence-corrected chi connectivity index (χ4v) is 8.46. The van der Waals surface area contributed by atoms with Gasteiger partial charge >= 0.3 is 5.97 Å². The van der Waals surface area contributed by atoms with Crippen LogP contribution >= 0.6 is 0 Å². The molecule has 0 unspecified atom stereocenters. The van der Waals surface area contributed by atoms with Crippen LogP contribution in [0.4, 0.5) is 0 Å². The Morgan fingerprint density at radius 1 is 1.24 bits per heavy atom. The molecule has 4 saturated carbocycles. The molecule has 1 aliphatic heterocycles. The van der Waals surface area contributed by atoms with E-state index in [9.17, 15) is 20.1 Å². The van der Waals surface area contributed by atoms with Crippen molar-refractivity contribution in [1.29, 1.82) is 0 Å². The average molecular weight is 350 g/mol. The van der Waals surface area contributed by atoms with Crippen molar-refractivity contribution in [3.05, 3.63) is 0 Å². The summed E-state index contributed by atoms with van der Waals surface area (Å²) in [6.07, 6.45) is 4.76. The van der Waals surface area contributed by atoms with Crippen molar-refractivity contribution in [2.75, 3.05) is 6.61 Å². The van der Waals surface area contributed by atoms with Crippen molar-refractivity contribution in [3.8, 4) is 0 Å². The molecule has 0 aromatic heterocycles. The average Bonchev–Trinajstić information content (AvgIpc) is 2.97. The SMILES string of the molecule is C[C@]12CCC[C@]3(C)C(=O)O[C@H]([C@H](O)[C@@]45C[C@@H](CC[C@@H]14)[C@](O)(CO)C5)[C@@H]23. The molecule has 4 aliphatic carbocycles. The van der Waals surface area contributed by atoms with Crippen LogP contribution in [0.15, 0.2) is 0 Å². The fraction of sp³-hybridized carbons (Fsp3) is 0.950. The van der Waals surface area contributed by atoms with Gasteiger partial charge in [-0.15, -0.1) is 0 Å². The monoisotopic (exact) mass is 350 g/mol. The van der Waals surface area contributed by atoms with Gasteiger partial charge in [-0.2, -0.15) is 0 Å². The molecule has 140 valence electrons. The Hall–Kier alpha value is -0.650. The molecular formula is C20H30O5. The second-order valence-electron chi connectivity index (χ2n) is 10.3. The topological polar surface area (TPSA) is 87.0 Å². The largest absolute Gasteiger partial charge is 0.459 e. The fourth-order valence-electron chi connectivity index (χ4n) is 8.46. The molecule has 9 atom stereocenters. The van der Waals surface area contributed by atoms with Gasteiger partial charge in [0.1, 0.15) is 6.10 Å². The number of aliphatic hydroxyl groups excluding tert-OH is 2. The molecule has 25 heavy (non-hydrogen) atoms. The van der Waals surface area contributed by atoms with Crippen LogP contribution in [-0.4, -0.2) is 45.7 Å². The van der Waals surface area contributed by atoms with Crippen LogP contribution in [-0.2, 0) is 9.53 Å². The zero-order valence-electron chi connectivity index (χ0n) is 15.2. The summed E-state index contributed by atoms with van der Waals surface area (Å²) in [6, 6.07) is 0.